The smallest absolute Gasteiger partial charge is 0.316 e. The van der Waals surface area contributed by atoms with E-state index in [1.165, 1.54) is 20.2 Å². The first kappa shape index (κ1) is 12.0. The minimum atomic E-state index is -0.676. The quantitative estimate of drug-likeness (QED) is 0.743. The Morgan fingerprint density at radius 3 is 2.69 bits per heavy atom. The van der Waals surface area contributed by atoms with Crippen LogP contribution in [0.4, 0.5) is 10.5 Å². The number of amides is 3. The summed E-state index contributed by atoms with van der Waals surface area (Å²) < 4.78 is 0. The predicted octanol–water partition coefficient (Wildman–Crippen LogP) is 0.811. The molecule has 3 amide bonds. The van der Waals surface area contributed by atoms with Gasteiger partial charge < -0.3 is 11.1 Å². The van der Waals surface area contributed by atoms with Crippen LogP contribution in [-0.2, 0) is 4.84 Å². The number of carbonyl (C=O) groups excluding carboxylic acids is 2. The highest BCUT2D eigenvalue weighted by molar-refractivity contribution is 5.96. The van der Waals surface area contributed by atoms with E-state index in [2.05, 4.69) is 5.32 Å². The first-order chi connectivity index (χ1) is 7.54. The minimum Gasteiger partial charge on any atom is -0.351 e. The van der Waals surface area contributed by atoms with Crippen LogP contribution in [0.15, 0.2) is 24.3 Å². The maximum atomic E-state index is 11.7. The van der Waals surface area contributed by atoms with E-state index in [0.29, 0.717) is 11.3 Å². The fraction of sp³-hybridized carbons (Fsp3) is 0.200. The zero-order valence-corrected chi connectivity index (χ0v) is 9.06. The molecule has 16 heavy (non-hydrogen) atoms. The average Bonchev–Trinajstić information content (AvgIpc) is 2.26. The van der Waals surface area contributed by atoms with Gasteiger partial charge >= 0.3 is 6.03 Å². The van der Waals surface area contributed by atoms with Crippen molar-refractivity contribution in [3.63, 3.8) is 0 Å². The number of rotatable bonds is 3. The van der Waals surface area contributed by atoms with Crippen molar-refractivity contribution >= 4 is 17.6 Å². The summed E-state index contributed by atoms with van der Waals surface area (Å²) in [5.41, 5.74) is 5.83. The Hall–Kier alpha value is -2.08. The zero-order chi connectivity index (χ0) is 12.1. The Balaban J connectivity index is 2.89. The molecule has 0 atom stereocenters. The molecule has 0 radical (unpaired) electrons. The Morgan fingerprint density at radius 1 is 1.44 bits per heavy atom. The van der Waals surface area contributed by atoms with Gasteiger partial charge in [-0.3, -0.25) is 9.63 Å². The van der Waals surface area contributed by atoms with Gasteiger partial charge in [-0.15, -0.1) is 0 Å². The summed E-state index contributed by atoms with van der Waals surface area (Å²) in [6, 6.07) is 5.73. The van der Waals surface area contributed by atoms with Crippen LogP contribution in [0.3, 0.4) is 0 Å². The number of urea groups is 1. The lowest BCUT2D eigenvalue weighted by Gasteiger charge is -2.14. The average molecular weight is 223 g/mol. The summed E-state index contributed by atoms with van der Waals surface area (Å²) in [5.74, 6) is -0.310. The molecular formula is C10H13N3O3. The second-order valence-electron chi connectivity index (χ2n) is 3.06. The third-order valence-electron chi connectivity index (χ3n) is 1.94. The van der Waals surface area contributed by atoms with Crippen LogP contribution in [0.25, 0.3) is 0 Å². The summed E-state index contributed by atoms with van der Waals surface area (Å²) in [7, 11) is 2.89. The van der Waals surface area contributed by atoms with Crippen molar-refractivity contribution < 1.29 is 14.4 Å². The standard InChI is InChI=1S/C10H13N3O3/c1-13(16-2)9(14)7-4-3-5-8(6-7)12-10(11)15/h3-6H,1-2H3,(H3,11,12,15). The van der Waals surface area contributed by atoms with Gasteiger partial charge in [0.1, 0.15) is 0 Å². The molecule has 6 nitrogen and oxygen atoms in total. The van der Waals surface area contributed by atoms with Crippen LogP contribution in [-0.4, -0.2) is 31.2 Å². The van der Waals surface area contributed by atoms with E-state index in [0.717, 1.165) is 5.06 Å². The first-order valence-corrected chi connectivity index (χ1v) is 4.53. The van der Waals surface area contributed by atoms with Gasteiger partial charge in [0.25, 0.3) is 5.91 Å². The highest BCUT2D eigenvalue weighted by Gasteiger charge is 2.11. The van der Waals surface area contributed by atoms with Gasteiger partial charge in [0.05, 0.1) is 7.11 Å². The number of carbonyl (C=O) groups is 2. The van der Waals surface area contributed by atoms with Crippen molar-refractivity contribution in [1.82, 2.24) is 5.06 Å². The summed E-state index contributed by atoms with van der Waals surface area (Å²) in [4.78, 5) is 27.1. The molecule has 0 aromatic heterocycles. The molecule has 0 bridgehead atoms. The Labute approximate surface area is 92.9 Å². The van der Waals surface area contributed by atoms with Gasteiger partial charge in [-0.1, -0.05) is 6.07 Å². The maximum absolute atomic E-state index is 11.7. The van der Waals surface area contributed by atoms with Gasteiger partial charge in [0.15, 0.2) is 0 Å². The molecule has 0 fully saturated rings. The van der Waals surface area contributed by atoms with Gasteiger partial charge in [-0.25, -0.2) is 9.86 Å². The molecule has 6 heteroatoms. The molecule has 0 heterocycles. The van der Waals surface area contributed by atoms with Crippen LogP contribution >= 0.6 is 0 Å². The number of hydrogen-bond donors (Lipinski definition) is 2. The summed E-state index contributed by atoms with van der Waals surface area (Å²) in [5, 5.41) is 3.47. The van der Waals surface area contributed by atoms with E-state index in [-0.39, 0.29) is 5.91 Å². The predicted molar refractivity (Wildman–Crippen MR) is 58.8 cm³/mol. The normalized spacial score (nSPS) is 9.62. The largest absolute Gasteiger partial charge is 0.351 e. The van der Waals surface area contributed by atoms with Crippen LogP contribution in [0.2, 0.25) is 0 Å². The van der Waals surface area contributed by atoms with Gasteiger partial charge in [-0.05, 0) is 18.2 Å². The number of primary amides is 1. The van der Waals surface area contributed by atoms with Gasteiger partial charge in [-0.2, -0.15) is 0 Å². The lowest BCUT2D eigenvalue weighted by atomic mass is 10.2. The third kappa shape index (κ3) is 2.96. The molecule has 3 N–H and O–H groups in total. The Bertz CT molecular complexity index is 406. The molecule has 86 valence electrons. The second kappa shape index (κ2) is 5.13. The molecule has 0 aliphatic rings. The molecule has 0 saturated heterocycles. The lowest BCUT2D eigenvalue weighted by Crippen LogP contribution is -2.25. The molecule has 0 aliphatic heterocycles. The zero-order valence-electron chi connectivity index (χ0n) is 9.06. The number of hydroxylamine groups is 2. The van der Waals surface area contributed by atoms with Gasteiger partial charge in [0.2, 0.25) is 0 Å². The van der Waals surface area contributed by atoms with E-state index in [9.17, 15) is 9.59 Å². The number of nitrogens with one attached hydrogen (secondary N) is 1. The topological polar surface area (TPSA) is 84.7 Å². The Morgan fingerprint density at radius 2 is 2.12 bits per heavy atom. The van der Waals surface area contributed by atoms with E-state index >= 15 is 0 Å². The number of nitrogens with two attached hydrogens (primary N) is 1. The lowest BCUT2D eigenvalue weighted by molar-refractivity contribution is -0.0756. The van der Waals surface area contributed by atoms with Crippen LogP contribution in [0.5, 0.6) is 0 Å². The number of anilines is 1. The van der Waals surface area contributed by atoms with Crippen molar-refractivity contribution in [1.29, 1.82) is 0 Å². The van der Waals surface area contributed by atoms with Crippen molar-refractivity contribution in [3.8, 4) is 0 Å². The molecule has 0 aliphatic carbocycles. The van der Waals surface area contributed by atoms with Crippen molar-refractivity contribution in [2.75, 3.05) is 19.5 Å². The maximum Gasteiger partial charge on any atom is 0.316 e. The molecule has 0 unspecified atom stereocenters. The monoisotopic (exact) mass is 223 g/mol. The molecular weight excluding hydrogens is 210 g/mol. The number of hydrogen-bond acceptors (Lipinski definition) is 3. The summed E-state index contributed by atoms with van der Waals surface area (Å²) in [6.45, 7) is 0. The first-order valence-electron chi connectivity index (χ1n) is 4.53. The van der Waals surface area contributed by atoms with Crippen molar-refractivity contribution in [2.24, 2.45) is 5.73 Å². The summed E-state index contributed by atoms with van der Waals surface area (Å²) >= 11 is 0. The summed E-state index contributed by atoms with van der Waals surface area (Å²) in [6.07, 6.45) is 0. The third-order valence-corrected chi connectivity index (χ3v) is 1.94. The molecule has 1 aromatic rings. The van der Waals surface area contributed by atoms with Crippen LogP contribution in [0, 0.1) is 0 Å². The van der Waals surface area contributed by atoms with E-state index < -0.39 is 6.03 Å². The molecule has 1 rings (SSSR count). The van der Waals surface area contributed by atoms with E-state index in [1.807, 2.05) is 0 Å². The van der Waals surface area contributed by atoms with Crippen LogP contribution in [0.1, 0.15) is 10.4 Å². The van der Waals surface area contributed by atoms with E-state index in [4.69, 9.17) is 10.6 Å². The highest BCUT2D eigenvalue weighted by atomic mass is 16.7. The molecule has 1 aromatic carbocycles. The second-order valence-corrected chi connectivity index (χ2v) is 3.06. The fourth-order valence-corrected chi connectivity index (χ4v) is 1.14. The molecule has 0 saturated carbocycles. The van der Waals surface area contributed by atoms with Crippen molar-refractivity contribution in [2.45, 2.75) is 0 Å². The van der Waals surface area contributed by atoms with Gasteiger partial charge in [0, 0.05) is 18.3 Å². The molecule has 0 spiro atoms. The fourth-order valence-electron chi connectivity index (χ4n) is 1.14. The van der Waals surface area contributed by atoms with E-state index in [1.54, 1.807) is 18.2 Å². The number of benzene rings is 1. The minimum absolute atomic E-state index is 0.310. The SMILES string of the molecule is CON(C)C(=O)c1cccc(NC(N)=O)c1. The highest BCUT2D eigenvalue weighted by Crippen LogP contribution is 2.12. The number of nitrogens with zero attached hydrogens (tertiary/aromatic N) is 1. The van der Waals surface area contributed by atoms with Crippen LogP contribution < -0.4 is 11.1 Å². The van der Waals surface area contributed by atoms with Crippen molar-refractivity contribution in [3.05, 3.63) is 29.8 Å². The Kier molecular flexibility index (Phi) is 3.84.